The van der Waals surface area contributed by atoms with Crippen molar-refractivity contribution in [3.8, 4) is 0 Å². The third kappa shape index (κ3) is 3.63. The summed E-state index contributed by atoms with van der Waals surface area (Å²) in [7, 11) is 4.13. The number of nitrogens with one attached hydrogen (secondary N) is 2. The fraction of sp³-hybridized carbons (Fsp3) is 0.571. The Bertz CT molecular complexity index is 326. The largest absolute Gasteiger partial charge is 0.385 e. The predicted octanol–water partition coefficient (Wildman–Crippen LogP) is 2.16. The number of nitrogens with zero attached hydrogens (tertiary/aromatic N) is 1. The van der Waals surface area contributed by atoms with E-state index in [-0.39, 0.29) is 0 Å². The number of benzene rings is 1. The van der Waals surface area contributed by atoms with Crippen molar-refractivity contribution in [3.05, 3.63) is 24.3 Å². The van der Waals surface area contributed by atoms with E-state index in [2.05, 4.69) is 53.9 Å². The Kier molecular flexibility index (Phi) is 4.26. The summed E-state index contributed by atoms with van der Waals surface area (Å²) in [6, 6.07) is 8.63. The first kappa shape index (κ1) is 12.2. The van der Waals surface area contributed by atoms with Crippen molar-refractivity contribution >= 4 is 11.4 Å². The molecule has 3 heteroatoms. The van der Waals surface area contributed by atoms with Gasteiger partial charge < -0.3 is 15.5 Å². The number of piperidine rings is 1. The summed E-state index contributed by atoms with van der Waals surface area (Å²) in [5.41, 5.74) is 2.47. The van der Waals surface area contributed by atoms with Crippen molar-refractivity contribution in [2.45, 2.75) is 12.8 Å². The highest BCUT2D eigenvalue weighted by molar-refractivity contribution is 5.54. The molecule has 94 valence electrons. The van der Waals surface area contributed by atoms with Crippen molar-refractivity contribution in [2.75, 3.05) is 43.9 Å². The Morgan fingerprint density at radius 3 is 2.65 bits per heavy atom. The Morgan fingerprint density at radius 2 is 2.06 bits per heavy atom. The van der Waals surface area contributed by atoms with E-state index in [0.29, 0.717) is 0 Å². The second-order valence-electron chi connectivity index (χ2n) is 5.03. The molecule has 0 radical (unpaired) electrons. The lowest BCUT2D eigenvalue weighted by Gasteiger charge is -2.23. The predicted molar refractivity (Wildman–Crippen MR) is 74.9 cm³/mol. The zero-order valence-electron chi connectivity index (χ0n) is 10.9. The number of hydrogen-bond acceptors (Lipinski definition) is 3. The lowest BCUT2D eigenvalue weighted by Crippen LogP contribution is -2.33. The van der Waals surface area contributed by atoms with Gasteiger partial charge in [0.2, 0.25) is 0 Å². The topological polar surface area (TPSA) is 27.3 Å². The minimum Gasteiger partial charge on any atom is -0.385 e. The van der Waals surface area contributed by atoms with Crippen LogP contribution in [0.3, 0.4) is 0 Å². The van der Waals surface area contributed by atoms with Crippen molar-refractivity contribution in [3.63, 3.8) is 0 Å². The van der Waals surface area contributed by atoms with Gasteiger partial charge in [0.05, 0.1) is 0 Å². The van der Waals surface area contributed by atoms with E-state index in [4.69, 9.17) is 0 Å². The molecule has 1 heterocycles. The van der Waals surface area contributed by atoms with E-state index in [1.807, 2.05) is 0 Å². The highest BCUT2D eigenvalue weighted by atomic mass is 15.1. The Labute approximate surface area is 104 Å². The molecule has 1 fully saturated rings. The van der Waals surface area contributed by atoms with Crippen LogP contribution in [0.15, 0.2) is 24.3 Å². The number of rotatable bonds is 4. The minimum absolute atomic E-state index is 0.775. The minimum atomic E-state index is 0.775. The van der Waals surface area contributed by atoms with E-state index in [9.17, 15) is 0 Å². The normalized spacial score (nSPS) is 20.0. The van der Waals surface area contributed by atoms with Gasteiger partial charge in [-0.25, -0.2) is 0 Å². The van der Waals surface area contributed by atoms with E-state index >= 15 is 0 Å². The molecule has 1 atom stereocenters. The van der Waals surface area contributed by atoms with Crippen LogP contribution in [0.2, 0.25) is 0 Å². The van der Waals surface area contributed by atoms with Gasteiger partial charge in [-0.3, -0.25) is 0 Å². The quantitative estimate of drug-likeness (QED) is 0.834. The maximum absolute atomic E-state index is 3.52. The molecule has 0 bridgehead atoms. The summed E-state index contributed by atoms with van der Waals surface area (Å²) < 4.78 is 0. The van der Waals surface area contributed by atoms with Gasteiger partial charge in [-0.1, -0.05) is 0 Å². The average Bonchev–Trinajstić information content (AvgIpc) is 2.38. The molecule has 0 amide bonds. The maximum atomic E-state index is 3.52. The van der Waals surface area contributed by atoms with Crippen LogP contribution in [0.5, 0.6) is 0 Å². The van der Waals surface area contributed by atoms with Gasteiger partial charge in [0, 0.05) is 32.0 Å². The van der Waals surface area contributed by atoms with Crippen LogP contribution in [0.1, 0.15) is 12.8 Å². The highest BCUT2D eigenvalue weighted by Gasteiger charge is 2.12. The van der Waals surface area contributed by atoms with Gasteiger partial charge in [-0.2, -0.15) is 0 Å². The molecule has 1 unspecified atom stereocenters. The lowest BCUT2D eigenvalue weighted by molar-refractivity contribution is 0.393. The number of hydrogen-bond donors (Lipinski definition) is 2. The van der Waals surface area contributed by atoms with Crippen molar-refractivity contribution < 1.29 is 0 Å². The highest BCUT2D eigenvalue weighted by Crippen LogP contribution is 2.17. The molecule has 1 aliphatic rings. The fourth-order valence-corrected chi connectivity index (χ4v) is 2.24. The summed E-state index contributed by atoms with van der Waals surface area (Å²) in [6.07, 6.45) is 2.65. The van der Waals surface area contributed by atoms with Crippen LogP contribution in [0.4, 0.5) is 11.4 Å². The Morgan fingerprint density at radius 1 is 1.29 bits per heavy atom. The molecule has 1 saturated heterocycles. The van der Waals surface area contributed by atoms with Crippen molar-refractivity contribution in [1.29, 1.82) is 0 Å². The molecule has 0 saturated carbocycles. The SMILES string of the molecule is CN(C)c1ccc(NCC2CCCNC2)cc1. The summed E-state index contributed by atoms with van der Waals surface area (Å²) in [5, 5.41) is 6.97. The molecule has 17 heavy (non-hydrogen) atoms. The van der Waals surface area contributed by atoms with Gasteiger partial charge in [0.25, 0.3) is 0 Å². The first-order valence-corrected chi connectivity index (χ1v) is 6.47. The van der Waals surface area contributed by atoms with Crippen LogP contribution >= 0.6 is 0 Å². The van der Waals surface area contributed by atoms with Crippen LogP contribution < -0.4 is 15.5 Å². The lowest BCUT2D eigenvalue weighted by atomic mass is 10.00. The molecule has 0 aromatic heterocycles. The Balaban J connectivity index is 1.82. The van der Waals surface area contributed by atoms with Gasteiger partial charge in [0.1, 0.15) is 0 Å². The molecule has 1 aliphatic heterocycles. The molecule has 0 aliphatic carbocycles. The van der Waals surface area contributed by atoms with Crippen LogP contribution in [-0.4, -0.2) is 33.7 Å². The second-order valence-corrected chi connectivity index (χ2v) is 5.03. The standard InChI is InChI=1S/C14H23N3/c1-17(2)14-7-5-13(6-8-14)16-11-12-4-3-9-15-10-12/h5-8,12,15-16H,3-4,9-11H2,1-2H3. The van der Waals surface area contributed by atoms with Crippen LogP contribution in [-0.2, 0) is 0 Å². The van der Waals surface area contributed by atoms with Gasteiger partial charge in [-0.05, 0) is 56.1 Å². The molecule has 1 aromatic carbocycles. The van der Waals surface area contributed by atoms with E-state index in [1.165, 1.54) is 30.8 Å². The molecular formula is C14H23N3. The van der Waals surface area contributed by atoms with E-state index in [0.717, 1.165) is 19.0 Å². The van der Waals surface area contributed by atoms with Crippen molar-refractivity contribution in [1.82, 2.24) is 5.32 Å². The fourth-order valence-electron chi connectivity index (χ4n) is 2.24. The summed E-state index contributed by atoms with van der Waals surface area (Å²) in [5.74, 6) is 0.775. The first-order chi connectivity index (χ1) is 8.25. The van der Waals surface area contributed by atoms with Gasteiger partial charge in [0.15, 0.2) is 0 Å². The molecule has 2 N–H and O–H groups in total. The molecule has 0 spiro atoms. The first-order valence-electron chi connectivity index (χ1n) is 6.47. The molecule has 2 rings (SSSR count). The maximum Gasteiger partial charge on any atom is 0.0362 e. The van der Waals surface area contributed by atoms with E-state index in [1.54, 1.807) is 0 Å². The van der Waals surface area contributed by atoms with E-state index < -0.39 is 0 Å². The van der Waals surface area contributed by atoms with Gasteiger partial charge in [-0.15, -0.1) is 0 Å². The molecule has 3 nitrogen and oxygen atoms in total. The third-order valence-electron chi connectivity index (χ3n) is 3.38. The molecule has 1 aromatic rings. The zero-order chi connectivity index (χ0) is 12.1. The smallest absolute Gasteiger partial charge is 0.0362 e. The third-order valence-corrected chi connectivity index (χ3v) is 3.38. The second kappa shape index (κ2) is 5.92. The monoisotopic (exact) mass is 233 g/mol. The molecular weight excluding hydrogens is 210 g/mol. The average molecular weight is 233 g/mol. The number of anilines is 2. The van der Waals surface area contributed by atoms with Crippen LogP contribution in [0, 0.1) is 5.92 Å². The zero-order valence-corrected chi connectivity index (χ0v) is 10.9. The van der Waals surface area contributed by atoms with Gasteiger partial charge >= 0.3 is 0 Å². The van der Waals surface area contributed by atoms with Crippen LogP contribution in [0.25, 0.3) is 0 Å². The Hall–Kier alpha value is -1.22. The summed E-state index contributed by atoms with van der Waals surface area (Å²) in [4.78, 5) is 2.12. The van der Waals surface area contributed by atoms with Crippen molar-refractivity contribution in [2.24, 2.45) is 5.92 Å². The summed E-state index contributed by atoms with van der Waals surface area (Å²) in [6.45, 7) is 3.42. The summed E-state index contributed by atoms with van der Waals surface area (Å²) >= 11 is 0.